The van der Waals surface area contributed by atoms with Crippen LogP contribution in [0.5, 0.6) is 0 Å². The largest absolute Gasteiger partial charge is 0.352 e. The first-order valence-electron chi connectivity index (χ1n) is 8.27. The Morgan fingerprint density at radius 2 is 1.93 bits per heavy atom. The maximum Gasteiger partial charge on any atom is 0.251 e. The lowest BCUT2D eigenvalue weighted by molar-refractivity contribution is -0.117. The minimum atomic E-state index is -0.369. The van der Waals surface area contributed by atoms with Crippen LogP contribution in [-0.4, -0.2) is 38.6 Å². The topological polar surface area (TPSA) is 102 Å². The maximum absolute atomic E-state index is 13.0. The Bertz CT molecular complexity index is 954. The molecule has 0 radical (unpaired) electrons. The van der Waals surface area contributed by atoms with Gasteiger partial charge in [0, 0.05) is 23.4 Å². The van der Waals surface area contributed by atoms with Crippen molar-refractivity contribution in [3.63, 3.8) is 0 Å². The third kappa shape index (κ3) is 4.72. The molecule has 2 N–H and O–H groups in total. The Morgan fingerprint density at radius 1 is 1.15 bits per heavy atom. The van der Waals surface area contributed by atoms with E-state index in [0.29, 0.717) is 29.2 Å². The summed E-state index contributed by atoms with van der Waals surface area (Å²) >= 11 is 0. The Kier molecular flexibility index (Phi) is 5.50. The molecule has 3 rings (SSSR count). The number of aromatic nitrogens is 4. The van der Waals surface area contributed by atoms with Gasteiger partial charge in [-0.25, -0.2) is 4.39 Å². The molecule has 0 saturated heterocycles. The molecule has 138 valence electrons. The van der Waals surface area contributed by atoms with Gasteiger partial charge in [-0.3, -0.25) is 9.59 Å². The molecule has 0 atom stereocenters. The predicted molar refractivity (Wildman–Crippen MR) is 96.3 cm³/mol. The highest BCUT2D eigenvalue weighted by atomic mass is 19.1. The van der Waals surface area contributed by atoms with Crippen molar-refractivity contribution in [1.82, 2.24) is 25.5 Å². The first kappa shape index (κ1) is 18.2. The first-order chi connectivity index (χ1) is 13.0. The van der Waals surface area contributed by atoms with E-state index in [1.54, 1.807) is 24.3 Å². The smallest absolute Gasteiger partial charge is 0.251 e. The number of hydrogen-bond donors (Lipinski definition) is 2. The number of carbonyl (C=O) groups is 2. The van der Waals surface area contributed by atoms with Crippen LogP contribution in [0.2, 0.25) is 0 Å². The van der Waals surface area contributed by atoms with Gasteiger partial charge in [-0.05, 0) is 54.6 Å². The second kappa shape index (κ2) is 8.17. The van der Waals surface area contributed by atoms with Gasteiger partial charge < -0.3 is 10.6 Å². The molecule has 0 fully saturated rings. The highest BCUT2D eigenvalue weighted by molar-refractivity contribution is 5.97. The Morgan fingerprint density at radius 3 is 2.67 bits per heavy atom. The summed E-state index contributed by atoms with van der Waals surface area (Å²) < 4.78 is 13.0. The normalized spacial score (nSPS) is 10.4. The average Bonchev–Trinajstić information content (AvgIpc) is 3.11. The second-order valence-corrected chi connectivity index (χ2v) is 5.64. The fraction of sp³-hybridized carbons (Fsp3) is 0.167. The van der Waals surface area contributed by atoms with Crippen LogP contribution in [0.3, 0.4) is 0 Å². The van der Waals surface area contributed by atoms with Crippen molar-refractivity contribution >= 4 is 17.5 Å². The van der Waals surface area contributed by atoms with Gasteiger partial charge in [-0.2, -0.15) is 4.80 Å². The number of hydrogen-bond acceptors (Lipinski definition) is 5. The number of tetrazole rings is 1. The van der Waals surface area contributed by atoms with Gasteiger partial charge >= 0.3 is 0 Å². The SMILES string of the molecule is CCNC(=O)c1cccc(NC(=O)Cn2nnc(-c3ccc(F)cc3)n2)c1. The van der Waals surface area contributed by atoms with Gasteiger partial charge in [0.25, 0.3) is 5.91 Å². The lowest BCUT2D eigenvalue weighted by Gasteiger charge is -2.07. The molecule has 0 spiro atoms. The zero-order valence-electron chi connectivity index (χ0n) is 14.5. The van der Waals surface area contributed by atoms with Crippen LogP contribution in [0.1, 0.15) is 17.3 Å². The molecule has 1 heterocycles. The van der Waals surface area contributed by atoms with E-state index in [1.807, 2.05) is 6.92 Å². The molecule has 0 saturated carbocycles. The summed E-state index contributed by atoms with van der Waals surface area (Å²) in [4.78, 5) is 25.2. The number of amides is 2. The number of carbonyl (C=O) groups excluding carboxylic acids is 2. The molecule has 3 aromatic rings. The number of nitrogens with zero attached hydrogens (tertiary/aromatic N) is 4. The summed E-state index contributed by atoms with van der Waals surface area (Å²) in [5.41, 5.74) is 1.53. The van der Waals surface area contributed by atoms with Crippen LogP contribution in [0.15, 0.2) is 48.5 Å². The van der Waals surface area contributed by atoms with E-state index in [0.717, 1.165) is 4.80 Å². The van der Waals surface area contributed by atoms with Crippen molar-refractivity contribution < 1.29 is 14.0 Å². The third-order valence-corrected chi connectivity index (χ3v) is 3.59. The van der Waals surface area contributed by atoms with Gasteiger partial charge in [0.1, 0.15) is 12.4 Å². The van der Waals surface area contributed by atoms with Crippen LogP contribution >= 0.6 is 0 Å². The number of nitrogens with one attached hydrogen (secondary N) is 2. The standard InChI is InChI=1S/C18H17FN6O2/c1-2-20-18(27)13-4-3-5-15(10-13)21-16(26)11-25-23-17(22-24-25)12-6-8-14(19)9-7-12/h3-10H,2,11H2,1H3,(H,20,27)(H,21,26). The van der Waals surface area contributed by atoms with Crippen molar-refractivity contribution in [2.45, 2.75) is 13.5 Å². The highest BCUT2D eigenvalue weighted by Crippen LogP contribution is 2.14. The molecule has 2 aromatic carbocycles. The highest BCUT2D eigenvalue weighted by Gasteiger charge is 2.11. The molecule has 0 bridgehead atoms. The number of anilines is 1. The predicted octanol–water partition coefficient (Wildman–Crippen LogP) is 1.87. The average molecular weight is 368 g/mol. The molecule has 27 heavy (non-hydrogen) atoms. The fourth-order valence-corrected chi connectivity index (χ4v) is 2.35. The van der Waals surface area contributed by atoms with Crippen molar-refractivity contribution in [3.8, 4) is 11.4 Å². The summed E-state index contributed by atoms with van der Waals surface area (Å²) in [5.74, 6) is -0.650. The molecular weight excluding hydrogens is 351 g/mol. The van der Waals surface area contributed by atoms with Crippen molar-refractivity contribution in [2.75, 3.05) is 11.9 Å². The lowest BCUT2D eigenvalue weighted by atomic mass is 10.2. The molecule has 8 nitrogen and oxygen atoms in total. The van der Waals surface area contributed by atoms with Gasteiger partial charge in [0.15, 0.2) is 0 Å². The lowest BCUT2D eigenvalue weighted by Crippen LogP contribution is -2.23. The minimum Gasteiger partial charge on any atom is -0.352 e. The van der Waals surface area contributed by atoms with Gasteiger partial charge in [-0.1, -0.05) is 6.07 Å². The van der Waals surface area contributed by atoms with E-state index < -0.39 is 0 Å². The zero-order chi connectivity index (χ0) is 19.2. The van der Waals surface area contributed by atoms with Crippen LogP contribution in [0.4, 0.5) is 10.1 Å². The van der Waals surface area contributed by atoms with Gasteiger partial charge in [0.05, 0.1) is 0 Å². The summed E-state index contributed by atoms with van der Waals surface area (Å²) in [7, 11) is 0. The number of halogens is 1. The molecule has 0 aliphatic rings. The van der Waals surface area contributed by atoms with Crippen LogP contribution in [0, 0.1) is 5.82 Å². The number of rotatable bonds is 6. The van der Waals surface area contributed by atoms with E-state index in [9.17, 15) is 14.0 Å². The Balaban J connectivity index is 1.64. The number of benzene rings is 2. The monoisotopic (exact) mass is 368 g/mol. The zero-order valence-corrected chi connectivity index (χ0v) is 14.5. The van der Waals surface area contributed by atoms with Crippen LogP contribution in [0.25, 0.3) is 11.4 Å². The Hall–Kier alpha value is -3.62. The van der Waals surface area contributed by atoms with E-state index in [2.05, 4.69) is 26.0 Å². The summed E-state index contributed by atoms with van der Waals surface area (Å²) in [6.07, 6.45) is 0. The molecular formula is C18H17FN6O2. The maximum atomic E-state index is 13.0. The summed E-state index contributed by atoms with van der Waals surface area (Å²) in [6, 6.07) is 12.3. The minimum absolute atomic E-state index is 0.153. The van der Waals surface area contributed by atoms with Crippen molar-refractivity contribution in [2.24, 2.45) is 0 Å². The molecule has 2 amide bonds. The molecule has 9 heteroatoms. The van der Waals surface area contributed by atoms with Crippen LogP contribution in [-0.2, 0) is 11.3 Å². The van der Waals surface area contributed by atoms with E-state index in [-0.39, 0.29) is 24.2 Å². The van der Waals surface area contributed by atoms with Crippen molar-refractivity contribution in [3.05, 3.63) is 59.9 Å². The van der Waals surface area contributed by atoms with Crippen LogP contribution < -0.4 is 10.6 Å². The molecule has 0 aliphatic heterocycles. The fourth-order valence-electron chi connectivity index (χ4n) is 2.35. The van der Waals surface area contributed by atoms with Gasteiger partial charge in [-0.15, -0.1) is 10.2 Å². The van der Waals surface area contributed by atoms with E-state index in [1.165, 1.54) is 24.3 Å². The van der Waals surface area contributed by atoms with E-state index in [4.69, 9.17) is 0 Å². The summed E-state index contributed by atoms with van der Waals surface area (Å²) in [5, 5.41) is 17.2. The Labute approximate surface area is 154 Å². The molecule has 1 aromatic heterocycles. The quantitative estimate of drug-likeness (QED) is 0.692. The second-order valence-electron chi connectivity index (χ2n) is 5.64. The third-order valence-electron chi connectivity index (χ3n) is 3.59. The molecule has 0 unspecified atom stereocenters. The van der Waals surface area contributed by atoms with E-state index >= 15 is 0 Å². The first-order valence-corrected chi connectivity index (χ1v) is 8.27. The molecule has 0 aliphatic carbocycles. The van der Waals surface area contributed by atoms with Gasteiger partial charge in [0.2, 0.25) is 11.7 Å². The van der Waals surface area contributed by atoms with Crippen molar-refractivity contribution in [1.29, 1.82) is 0 Å². The summed E-state index contributed by atoms with van der Waals surface area (Å²) in [6.45, 7) is 2.19.